The number of benzene rings is 1. The summed E-state index contributed by atoms with van der Waals surface area (Å²) >= 11 is 6.13. The molecule has 1 aliphatic heterocycles. The number of esters is 1. The van der Waals surface area contributed by atoms with Crippen LogP contribution in [0.1, 0.15) is 27.8 Å². The molecule has 7 heteroatoms. The molecule has 2 heterocycles. The molecular weight excluding hydrogens is 349 g/mol. The van der Waals surface area contributed by atoms with Gasteiger partial charge in [0.1, 0.15) is 5.69 Å². The number of nitrogens with one attached hydrogen (secondary N) is 2. The lowest BCUT2D eigenvalue weighted by Crippen LogP contribution is -2.45. The summed E-state index contributed by atoms with van der Waals surface area (Å²) in [5, 5.41) is 4.18. The molecule has 1 aliphatic rings. The molecule has 1 atom stereocenters. The van der Waals surface area contributed by atoms with E-state index in [0.717, 1.165) is 36.9 Å². The molecule has 0 amide bonds. The number of H-pyrrole nitrogens is 1. The van der Waals surface area contributed by atoms with Crippen LogP contribution in [0.3, 0.4) is 0 Å². The first-order valence-corrected chi connectivity index (χ1v) is 8.01. The van der Waals surface area contributed by atoms with Crippen LogP contribution in [-0.4, -0.2) is 42.6 Å². The molecule has 0 bridgehead atoms. The summed E-state index contributed by atoms with van der Waals surface area (Å²) in [4.78, 5) is 17.1. The lowest BCUT2D eigenvalue weighted by molar-refractivity contribution is 0.0594. The molecule has 2 aromatic rings. The fraction of sp³-hybridized carbons (Fsp3) is 0.353. The molecule has 24 heavy (non-hydrogen) atoms. The van der Waals surface area contributed by atoms with Crippen molar-refractivity contribution in [1.29, 1.82) is 0 Å². The third kappa shape index (κ3) is 4.30. The van der Waals surface area contributed by atoms with Crippen LogP contribution in [-0.2, 0) is 11.3 Å². The second kappa shape index (κ2) is 8.53. The number of methoxy groups -OCH3 is 1. The normalized spacial score (nSPS) is 18.0. The third-order valence-electron chi connectivity index (χ3n) is 4.11. The molecule has 1 aromatic carbocycles. The Hall–Kier alpha value is -1.53. The quantitative estimate of drug-likeness (QED) is 0.813. The molecule has 5 nitrogen and oxygen atoms in total. The number of rotatable bonds is 4. The Morgan fingerprint density at radius 2 is 2.21 bits per heavy atom. The van der Waals surface area contributed by atoms with E-state index in [9.17, 15) is 4.79 Å². The van der Waals surface area contributed by atoms with E-state index in [0.29, 0.717) is 5.69 Å². The first-order valence-electron chi connectivity index (χ1n) is 7.64. The van der Waals surface area contributed by atoms with Crippen LogP contribution in [0.4, 0.5) is 0 Å². The molecule has 130 valence electrons. The van der Waals surface area contributed by atoms with E-state index in [1.165, 1.54) is 12.7 Å². The van der Waals surface area contributed by atoms with Gasteiger partial charge in [-0.1, -0.05) is 23.7 Å². The van der Waals surface area contributed by atoms with Gasteiger partial charge in [-0.25, -0.2) is 4.79 Å². The van der Waals surface area contributed by atoms with Crippen molar-refractivity contribution >= 4 is 30.0 Å². The summed E-state index contributed by atoms with van der Waals surface area (Å²) in [6, 6.07) is 11.9. The van der Waals surface area contributed by atoms with Gasteiger partial charge < -0.3 is 15.0 Å². The average Bonchev–Trinajstić information content (AvgIpc) is 3.03. The van der Waals surface area contributed by atoms with Gasteiger partial charge in [0.25, 0.3) is 0 Å². The second-order valence-electron chi connectivity index (χ2n) is 5.63. The number of hydrogen-bond acceptors (Lipinski definition) is 4. The zero-order valence-corrected chi connectivity index (χ0v) is 15.0. The van der Waals surface area contributed by atoms with Crippen molar-refractivity contribution in [3.8, 4) is 0 Å². The first-order chi connectivity index (χ1) is 11.2. The number of carbonyl (C=O) groups excluding carboxylic acids is 1. The van der Waals surface area contributed by atoms with E-state index in [1.54, 1.807) is 6.07 Å². The Kier molecular flexibility index (Phi) is 6.69. The third-order valence-corrected chi connectivity index (χ3v) is 4.35. The monoisotopic (exact) mass is 369 g/mol. The minimum atomic E-state index is -0.344. The summed E-state index contributed by atoms with van der Waals surface area (Å²) in [6.45, 7) is 3.51. The van der Waals surface area contributed by atoms with Gasteiger partial charge in [0.2, 0.25) is 0 Å². The highest BCUT2D eigenvalue weighted by atomic mass is 35.5. The molecule has 1 aromatic heterocycles. The van der Waals surface area contributed by atoms with Crippen LogP contribution >= 0.6 is 24.0 Å². The number of halogens is 2. The van der Waals surface area contributed by atoms with Crippen molar-refractivity contribution in [3.63, 3.8) is 0 Å². The minimum Gasteiger partial charge on any atom is -0.464 e. The van der Waals surface area contributed by atoms with Crippen LogP contribution < -0.4 is 5.32 Å². The summed E-state index contributed by atoms with van der Waals surface area (Å²) in [5.74, 6) is -0.344. The Bertz CT molecular complexity index is 690. The maximum atomic E-state index is 11.6. The summed E-state index contributed by atoms with van der Waals surface area (Å²) in [6.07, 6.45) is 0. The SMILES string of the molecule is COC(=O)c1ccc(CN2CCNCC2c2cccc(Cl)c2)[nH]1.Cl. The number of aromatic nitrogens is 1. The fourth-order valence-corrected chi connectivity index (χ4v) is 3.16. The van der Waals surface area contributed by atoms with Crippen LogP contribution in [0.2, 0.25) is 5.02 Å². The van der Waals surface area contributed by atoms with Gasteiger partial charge in [0.05, 0.1) is 7.11 Å². The van der Waals surface area contributed by atoms with Gasteiger partial charge in [0, 0.05) is 42.9 Å². The standard InChI is InChI=1S/C17H20ClN3O2.ClH/c1-23-17(22)15-6-5-14(20-15)11-21-8-7-19-10-16(21)12-3-2-4-13(18)9-12;/h2-6,9,16,19-20H,7-8,10-11H2,1H3;1H. The molecule has 0 radical (unpaired) electrons. The van der Waals surface area contributed by atoms with Crippen molar-refractivity contribution in [2.45, 2.75) is 12.6 Å². The molecule has 0 spiro atoms. The highest BCUT2D eigenvalue weighted by Crippen LogP contribution is 2.26. The molecule has 1 saturated heterocycles. The predicted octanol–water partition coefficient (Wildman–Crippen LogP) is 3.02. The number of aromatic amines is 1. The van der Waals surface area contributed by atoms with Crippen molar-refractivity contribution in [2.75, 3.05) is 26.7 Å². The topological polar surface area (TPSA) is 57.4 Å². The van der Waals surface area contributed by atoms with Gasteiger partial charge in [-0.15, -0.1) is 12.4 Å². The lowest BCUT2D eigenvalue weighted by Gasteiger charge is -2.36. The molecule has 3 rings (SSSR count). The maximum absolute atomic E-state index is 11.6. The van der Waals surface area contributed by atoms with Crippen molar-refractivity contribution in [1.82, 2.24) is 15.2 Å². The van der Waals surface area contributed by atoms with Crippen LogP contribution in [0.15, 0.2) is 36.4 Å². The van der Waals surface area contributed by atoms with Gasteiger partial charge in [-0.2, -0.15) is 0 Å². The van der Waals surface area contributed by atoms with Crippen molar-refractivity contribution < 1.29 is 9.53 Å². The Morgan fingerprint density at radius 3 is 2.96 bits per heavy atom. The number of piperazine rings is 1. The van der Waals surface area contributed by atoms with E-state index in [-0.39, 0.29) is 24.4 Å². The minimum absolute atomic E-state index is 0. The largest absolute Gasteiger partial charge is 0.464 e. The summed E-state index contributed by atoms with van der Waals surface area (Å²) in [5.41, 5.74) is 2.68. The lowest BCUT2D eigenvalue weighted by atomic mass is 10.0. The van der Waals surface area contributed by atoms with E-state index in [2.05, 4.69) is 21.3 Å². The van der Waals surface area contributed by atoms with E-state index < -0.39 is 0 Å². The molecule has 1 fully saturated rings. The van der Waals surface area contributed by atoms with Gasteiger partial charge in [-0.05, 0) is 29.8 Å². The molecule has 0 saturated carbocycles. The summed E-state index contributed by atoms with van der Waals surface area (Å²) in [7, 11) is 1.38. The van der Waals surface area contributed by atoms with Crippen molar-refractivity contribution in [3.05, 3.63) is 58.4 Å². The van der Waals surface area contributed by atoms with Crippen LogP contribution in [0.25, 0.3) is 0 Å². The number of carbonyl (C=O) groups is 1. The molecular formula is C17H21Cl2N3O2. The van der Waals surface area contributed by atoms with Crippen LogP contribution in [0, 0.1) is 0 Å². The van der Waals surface area contributed by atoms with E-state index in [4.69, 9.17) is 16.3 Å². The Labute approximate surface area is 152 Å². The van der Waals surface area contributed by atoms with Gasteiger partial charge in [0.15, 0.2) is 0 Å². The van der Waals surface area contributed by atoms with Gasteiger partial charge >= 0.3 is 5.97 Å². The maximum Gasteiger partial charge on any atom is 0.354 e. The van der Waals surface area contributed by atoms with Gasteiger partial charge in [-0.3, -0.25) is 4.90 Å². The average molecular weight is 370 g/mol. The summed E-state index contributed by atoms with van der Waals surface area (Å²) < 4.78 is 4.73. The van der Waals surface area contributed by atoms with Crippen LogP contribution in [0.5, 0.6) is 0 Å². The highest BCUT2D eigenvalue weighted by molar-refractivity contribution is 6.30. The van der Waals surface area contributed by atoms with Crippen molar-refractivity contribution in [2.24, 2.45) is 0 Å². The van der Waals surface area contributed by atoms with E-state index in [1.807, 2.05) is 24.3 Å². The van der Waals surface area contributed by atoms with E-state index >= 15 is 0 Å². The second-order valence-corrected chi connectivity index (χ2v) is 6.07. The Balaban J connectivity index is 0.00000208. The number of nitrogens with zero attached hydrogens (tertiary/aromatic N) is 1. The Morgan fingerprint density at radius 1 is 1.38 bits per heavy atom. The molecule has 2 N–H and O–H groups in total. The highest BCUT2D eigenvalue weighted by Gasteiger charge is 2.24. The number of ether oxygens (including phenoxy) is 1. The fourth-order valence-electron chi connectivity index (χ4n) is 2.96. The molecule has 1 unspecified atom stereocenters. The molecule has 0 aliphatic carbocycles. The predicted molar refractivity (Wildman–Crippen MR) is 96.9 cm³/mol. The zero-order chi connectivity index (χ0) is 16.2. The first kappa shape index (κ1) is 18.8. The zero-order valence-electron chi connectivity index (χ0n) is 13.4. The number of hydrogen-bond donors (Lipinski definition) is 2. The smallest absolute Gasteiger partial charge is 0.354 e.